The molecule has 2 heterocycles. The Labute approximate surface area is 431 Å². The lowest BCUT2D eigenvalue weighted by Gasteiger charge is -2.46. The third-order valence-electron chi connectivity index (χ3n) is 14.7. The predicted molar refractivity (Wildman–Crippen MR) is 282 cm³/mol. The molecule has 0 spiro atoms. The van der Waals surface area contributed by atoms with E-state index in [9.17, 15) is 45.6 Å². The van der Waals surface area contributed by atoms with E-state index in [1.165, 1.54) is 186 Å². The number of aliphatic hydroxyl groups excluding tert-OH is 8. The summed E-state index contributed by atoms with van der Waals surface area (Å²) in [5.41, 5.74) is 0. The van der Waals surface area contributed by atoms with E-state index >= 15 is 0 Å². The third kappa shape index (κ3) is 30.2. The van der Waals surface area contributed by atoms with E-state index in [0.717, 1.165) is 38.5 Å². The Hall–Kier alpha value is -1.27. The molecule has 0 bridgehead atoms. The molecular formula is C57H109NO13. The van der Waals surface area contributed by atoms with Gasteiger partial charge in [0.1, 0.15) is 48.8 Å². The molecule has 0 aromatic carbocycles. The Morgan fingerprint density at radius 3 is 1.30 bits per heavy atom. The van der Waals surface area contributed by atoms with Crippen LogP contribution in [-0.2, 0) is 23.7 Å². The fraction of sp³-hybridized carbons (Fsp3) is 0.947. The molecule has 0 aromatic heterocycles. The first-order chi connectivity index (χ1) is 34.6. The Bertz CT molecular complexity index is 1240. The molecule has 2 aliphatic rings. The molecule has 9 N–H and O–H groups in total. The van der Waals surface area contributed by atoms with Crippen LogP contribution in [0.25, 0.3) is 0 Å². The minimum atomic E-state index is -1.78. The smallest absolute Gasteiger partial charge is 0.220 e. The van der Waals surface area contributed by atoms with E-state index in [-0.39, 0.29) is 18.9 Å². The second-order valence-electron chi connectivity index (χ2n) is 21.1. The maximum atomic E-state index is 13.2. The van der Waals surface area contributed by atoms with Crippen LogP contribution in [0.3, 0.4) is 0 Å². The van der Waals surface area contributed by atoms with Crippen LogP contribution < -0.4 is 5.32 Å². The minimum Gasteiger partial charge on any atom is -0.394 e. The van der Waals surface area contributed by atoms with Gasteiger partial charge >= 0.3 is 0 Å². The van der Waals surface area contributed by atoms with Crippen molar-refractivity contribution in [1.29, 1.82) is 0 Å². The van der Waals surface area contributed by atoms with Crippen molar-refractivity contribution in [1.82, 2.24) is 5.32 Å². The third-order valence-corrected chi connectivity index (χ3v) is 14.7. The lowest BCUT2D eigenvalue weighted by molar-refractivity contribution is -0.359. The molecule has 1 amide bonds. The average Bonchev–Trinajstić information content (AvgIpc) is 3.37. The van der Waals surface area contributed by atoms with Gasteiger partial charge in [-0.25, -0.2) is 0 Å². The summed E-state index contributed by atoms with van der Waals surface area (Å²) in [7, 11) is 0. The van der Waals surface area contributed by atoms with Crippen LogP contribution in [0.2, 0.25) is 0 Å². The average molecular weight is 1020 g/mol. The summed E-state index contributed by atoms with van der Waals surface area (Å²) in [6, 6.07) is -0.908. The number of carbonyl (C=O) groups is 1. The molecule has 2 aliphatic heterocycles. The van der Waals surface area contributed by atoms with Gasteiger partial charge in [0.05, 0.1) is 32.0 Å². The molecule has 14 nitrogen and oxygen atoms in total. The Balaban J connectivity index is 1.75. The van der Waals surface area contributed by atoms with Crippen LogP contribution in [0, 0.1) is 0 Å². The number of carbonyl (C=O) groups excluding carboxylic acids is 1. The van der Waals surface area contributed by atoms with Crippen LogP contribution in [0.4, 0.5) is 0 Å². The summed E-state index contributed by atoms with van der Waals surface area (Å²) >= 11 is 0. The van der Waals surface area contributed by atoms with Crippen LogP contribution in [0.15, 0.2) is 12.2 Å². The number of unbranched alkanes of at least 4 members (excludes halogenated alkanes) is 34. The fourth-order valence-corrected chi connectivity index (χ4v) is 9.94. The van der Waals surface area contributed by atoms with Gasteiger partial charge in [0, 0.05) is 6.42 Å². The van der Waals surface area contributed by atoms with Crippen molar-refractivity contribution in [3.8, 4) is 0 Å². The Kier molecular flexibility index (Phi) is 40.7. The zero-order valence-electron chi connectivity index (χ0n) is 45.0. The van der Waals surface area contributed by atoms with E-state index in [4.69, 9.17) is 18.9 Å². The van der Waals surface area contributed by atoms with Crippen LogP contribution >= 0.6 is 0 Å². The van der Waals surface area contributed by atoms with Crippen molar-refractivity contribution < 1.29 is 64.6 Å². The Morgan fingerprint density at radius 2 is 0.873 bits per heavy atom. The summed E-state index contributed by atoms with van der Waals surface area (Å²) in [6.07, 6.45) is 32.6. The second kappa shape index (κ2) is 43.9. The minimum absolute atomic E-state index is 0.236. The number of ether oxygens (including phenoxy) is 4. The van der Waals surface area contributed by atoms with Crippen molar-refractivity contribution >= 4 is 5.91 Å². The summed E-state index contributed by atoms with van der Waals surface area (Å²) in [5, 5.41) is 87.0. The van der Waals surface area contributed by atoms with Gasteiger partial charge < -0.3 is 65.1 Å². The van der Waals surface area contributed by atoms with E-state index in [0.29, 0.717) is 6.42 Å². The molecule has 0 radical (unpaired) electrons. The molecule has 0 aliphatic carbocycles. The SMILES string of the molecule is CCCCCCCCCCCCCCCCCCCCCCCC/C=C/C(O)C(COC1OC(CO)C(OC2OC(CO)C(O)C(O)C2O)C(O)C1O)NC(=O)CCCCCCCCCCCCCCC. The molecule has 0 saturated carbocycles. The molecule has 2 rings (SSSR count). The molecule has 420 valence electrons. The first-order valence-corrected chi connectivity index (χ1v) is 29.4. The molecule has 2 fully saturated rings. The van der Waals surface area contributed by atoms with Crippen LogP contribution in [0.1, 0.15) is 251 Å². The summed E-state index contributed by atoms with van der Waals surface area (Å²) < 4.78 is 22.8. The first-order valence-electron chi connectivity index (χ1n) is 29.4. The maximum absolute atomic E-state index is 13.2. The highest BCUT2D eigenvalue weighted by Gasteiger charge is 2.51. The van der Waals surface area contributed by atoms with Gasteiger partial charge in [-0.2, -0.15) is 0 Å². The number of allylic oxidation sites excluding steroid dienone is 1. The molecular weight excluding hydrogens is 907 g/mol. The van der Waals surface area contributed by atoms with Gasteiger partial charge in [0.15, 0.2) is 12.6 Å². The van der Waals surface area contributed by atoms with Crippen molar-refractivity contribution in [2.75, 3.05) is 19.8 Å². The highest BCUT2D eigenvalue weighted by atomic mass is 16.7. The summed E-state index contributed by atoms with van der Waals surface area (Å²) in [5.74, 6) is -0.236. The highest BCUT2D eigenvalue weighted by Crippen LogP contribution is 2.30. The van der Waals surface area contributed by atoms with E-state index in [1.807, 2.05) is 6.08 Å². The van der Waals surface area contributed by atoms with Gasteiger partial charge in [-0.3, -0.25) is 4.79 Å². The molecule has 14 heteroatoms. The summed E-state index contributed by atoms with van der Waals surface area (Å²) in [4.78, 5) is 13.2. The predicted octanol–water partition coefficient (Wildman–Crippen LogP) is 9.50. The second-order valence-corrected chi connectivity index (χ2v) is 21.1. The zero-order valence-corrected chi connectivity index (χ0v) is 45.0. The number of hydrogen-bond acceptors (Lipinski definition) is 13. The largest absolute Gasteiger partial charge is 0.394 e. The quantitative estimate of drug-likeness (QED) is 0.0205. The monoisotopic (exact) mass is 1020 g/mol. The van der Waals surface area contributed by atoms with Crippen molar-refractivity contribution in [3.63, 3.8) is 0 Å². The van der Waals surface area contributed by atoms with E-state index in [2.05, 4.69) is 19.2 Å². The van der Waals surface area contributed by atoms with Gasteiger partial charge in [0.2, 0.25) is 5.91 Å². The number of rotatable bonds is 47. The number of nitrogens with one attached hydrogen (secondary N) is 1. The number of hydrogen-bond donors (Lipinski definition) is 9. The van der Waals surface area contributed by atoms with Crippen LogP contribution in [-0.4, -0.2) is 140 Å². The number of aliphatic hydroxyl groups is 8. The normalized spacial score (nSPS) is 25.8. The van der Waals surface area contributed by atoms with E-state index < -0.39 is 86.8 Å². The fourth-order valence-electron chi connectivity index (χ4n) is 9.94. The van der Waals surface area contributed by atoms with Gasteiger partial charge in [-0.1, -0.05) is 238 Å². The Morgan fingerprint density at radius 1 is 0.493 bits per heavy atom. The highest BCUT2D eigenvalue weighted by molar-refractivity contribution is 5.76. The van der Waals surface area contributed by atoms with Crippen molar-refractivity contribution in [2.24, 2.45) is 0 Å². The van der Waals surface area contributed by atoms with Crippen LogP contribution in [0.5, 0.6) is 0 Å². The first kappa shape index (κ1) is 65.8. The number of amides is 1. The topological polar surface area (TPSA) is 228 Å². The maximum Gasteiger partial charge on any atom is 0.220 e. The van der Waals surface area contributed by atoms with Gasteiger partial charge in [0.25, 0.3) is 0 Å². The van der Waals surface area contributed by atoms with Crippen molar-refractivity contribution in [2.45, 2.75) is 325 Å². The molecule has 0 aromatic rings. The standard InChI is InChI=1S/C57H109NO13/c1-3-5-7-9-11-13-15-17-18-19-20-21-22-23-24-25-26-27-29-30-32-34-36-38-40-46(61)45(58-49(62)41-39-37-35-33-31-28-16-14-12-10-8-6-4-2)44-68-56-54(67)52(65)55(48(43-60)70-56)71-57-53(66)51(64)50(63)47(42-59)69-57/h38,40,45-48,50-57,59-61,63-67H,3-37,39,41-44H2,1-2H3,(H,58,62)/b40-38+. The van der Waals surface area contributed by atoms with Gasteiger partial charge in [-0.05, 0) is 19.3 Å². The zero-order chi connectivity index (χ0) is 51.7. The lowest BCUT2D eigenvalue weighted by atomic mass is 9.97. The van der Waals surface area contributed by atoms with Gasteiger partial charge in [-0.15, -0.1) is 0 Å². The molecule has 12 atom stereocenters. The van der Waals surface area contributed by atoms with E-state index in [1.54, 1.807) is 6.08 Å². The molecule has 12 unspecified atom stereocenters. The van der Waals surface area contributed by atoms with Crippen molar-refractivity contribution in [3.05, 3.63) is 12.2 Å². The molecule has 2 saturated heterocycles. The summed E-state index contributed by atoms with van der Waals surface area (Å²) in [6.45, 7) is 2.82. The molecule has 71 heavy (non-hydrogen) atoms. The lowest BCUT2D eigenvalue weighted by Crippen LogP contribution is -2.65.